The average Bonchev–Trinajstić information content (AvgIpc) is 3.34. The monoisotopic (exact) mass is 394 g/mol. The quantitative estimate of drug-likeness (QED) is 0.705. The van der Waals surface area contributed by atoms with Crippen molar-refractivity contribution >= 4 is 11.8 Å². The van der Waals surface area contributed by atoms with E-state index >= 15 is 0 Å². The van der Waals surface area contributed by atoms with Gasteiger partial charge in [-0.15, -0.1) is 0 Å². The van der Waals surface area contributed by atoms with Gasteiger partial charge in [0.1, 0.15) is 5.82 Å². The number of carbonyl (C=O) groups is 2. The first-order valence-corrected chi connectivity index (χ1v) is 9.19. The van der Waals surface area contributed by atoms with Crippen molar-refractivity contribution in [3.05, 3.63) is 77.4 Å². The number of benzene rings is 1. The number of halogens is 1. The van der Waals surface area contributed by atoms with Crippen LogP contribution in [0.4, 0.5) is 4.39 Å². The Hall–Kier alpha value is -3.62. The molecule has 0 aliphatic carbocycles. The molecule has 2 N–H and O–H groups in total. The lowest BCUT2D eigenvalue weighted by molar-refractivity contribution is 0.0713. The lowest BCUT2D eigenvalue weighted by atomic mass is 10.1. The highest BCUT2D eigenvalue weighted by atomic mass is 19.1. The molecule has 148 valence electrons. The van der Waals surface area contributed by atoms with E-state index in [0.717, 1.165) is 0 Å². The summed E-state index contributed by atoms with van der Waals surface area (Å²) in [6, 6.07) is 10.6. The third-order valence-corrected chi connectivity index (χ3v) is 4.81. The number of nitrogens with zero attached hydrogens (tertiary/aromatic N) is 4. The van der Waals surface area contributed by atoms with Crippen molar-refractivity contribution in [2.75, 3.05) is 6.54 Å². The van der Waals surface area contributed by atoms with Crippen LogP contribution in [0.5, 0.6) is 0 Å². The molecule has 8 nitrogen and oxygen atoms in total. The van der Waals surface area contributed by atoms with Gasteiger partial charge in [-0.05, 0) is 37.6 Å². The van der Waals surface area contributed by atoms with E-state index in [1.807, 2.05) is 6.07 Å². The Labute approximate surface area is 166 Å². The van der Waals surface area contributed by atoms with Gasteiger partial charge < -0.3 is 10.2 Å². The number of amides is 2. The molecular formula is C20H19FN6O2. The molecule has 1 aliphatic rings. The van der Waals surface area contributed by atoms with Gasteiger partial charge in [0.15, 0.2) is 17.3 Å². The molecule has 0 unspecified atom stereocenters. The van der Waals surface area contributed by atoms with Crippen LogP contribution in [0.3, 0.4) is 0 Å². The highest BCUT2D eigenvalue weighted by Gasteiger charge is 2.40. The first-order valence-electron chi connectivity index (χ1n) is 9.19. The highest BCUT2D eigenvalue weighted by Crippen LogP contribution is 2.32. The Kier molecular flexibility index (Phi) is 5.03. The second-order valence-electron chi connectivity index (χ2n) is 6.86. The molecule has 0 bridgehead atoms. The summed E-state index contributed by atoms with van der Waals surface area (Å²) in [6.07, 6.45) is 1.78. The molecule has 29 heavy (non-hydrogen) atoms. The van der Waals surface area contributed by atoms with E-state index in [0.29, 0.717) is 23.6 Å². The molecule has 1 aliphatic heterocycles. The maximum absolute atomic E-state index is 14.1. The van der Waals surface area contributed by atoms with E-state index in [1.54, 1.807) is 31.2 Å². The van der Waals surface area contributed by atoms with Gasteiger partial charge in [0, 0.05) is 24.3 Å². The summed E-state index contributed by atoms with van der Waals surface area (Å²) in [4.78, 5) is 35.2. The molecule has 3 heterocycles. The van der Waals surface area contributed by atoms with Crippen LogP contribution in [0.2, 0.25) is 0 Å². The zero-order valence-electron chi connectivity index (χ0n) is 15.7. The molecule has 1 saturated heterocycles. The van der Waals surface area contributed by atoms with Gasteiger partial charge in [0.25, 0.3) is 11.8 Å². The number of aromatic amines is 1. The van der Waals surface area contributed by atoms with Crippen molar-refractivity contribution < 1.29 is 14.0 Å². The Morgan fingerprint density at radius 3 is 2.69 bits per heavy atom. The number of rotatable bonds is 4. The van der Waals surface area contributed by atoms with Crippen molar-refractivity contribution in [1.29, 1.82) is 0 Å². The largest absolute Gasteiger partial charge is 0.347 e. The molecule has 4 rings (SSSR count). The Morgan fingerprint density at radius 1 is 1.21 bits per heavy atom. The van der Waals surface area contributed by atoms with Crippen LogP contribution >= 0.6 is 0 Å². The number of H-pyrrole nitrogens is 1. The number of aromatic nitrogens is 4. The number of pyridine rings is 1. The molecule has 2 aromatic heterocycles. The van der Waals surface area contributed by atoms with E-state index in [-0.39, 0.29) is 24.2 Å². The zero-order valence-corrected chi connectivity index (χ0v) is 15.7. The predicted octanol–water partition coefficient (Wildman–Crippen LogP) is 2.03. The van der Waals surface area contributed by atoms with E-state index in [1.165, 1.54) is 23.2 Å². The molecule has 9 heteroatoms. The summed E-state index contributed by atoms with van der Waals surface area (Å²) >= 11 is 0. The first-order chi connectivity index (χ1) is 14.0. The number of aryl methyl sites for hydroxylation is 1. The van der Waals surface area contributed by atoms with Crippen LogP contribution in [-0.2, 0) is 0 Å². The molecule has 3 aromatic rings. The molecule has 2 atom stereocenters. The van der Waals surface area contributed by atoms with Gasteiger partial charge in [-0.1, -0.05) is 18.2 Å². The Morgan fingerprint density at radius 2 is 2.00 bits per heavy atom. The normalized spacial score (nSPS) is 18.6. The fraction of sp³-hybridized carbons (Fsp3) is 0.250. The lowest BCUT2D eigenvalue weighted by Crippen LogP contribution is -2.39. The minimum absolute atomic E-state index is 0.200. The van der Waals surface area contributed by atoms with Crippen molar-refractivity contribution in [3.63, 3.8) is 0 Å². The third-order valence-electron chi connectivity index (χ3n) is 4.81. The highest BCUT2D eigenvalue weighted by molar-refractivity contribution is 5.95. The van der Waals surface area contributed by atoms with Crippen LogP contribution < -0.4 is 5.32 Å². The zero-order chi connectivity index (χ0) is 20.4. The summed E-state index contributed by atoms with van der Waals surface area (Å²) in [5.74, 6) is -0.470. The van der Waals surface area contributed by atoms with Crippen LogP contribution in [0.1, 0.15) is 45.0 Å². The maximum Gasteiger partial charge on any atom is 0.276 e. The summed E-state index contributed by atoms with van der Waals surface area (Å²) in [6.45, 7) is 1.95. The second-order valence-corrected chi connectivity index (χ2v) is 6.86. The average molecular weight is 394 g/mol. The van der Waals surface area contributed by atoms with Crippen molar-refractivity contribution in [2.24, 2.45) is 0 Å². The van der Waals surface area contributed by atoms with Crippen LogP contribution in [-0.4, -0.2) is 49.5 Å². The van der Waals surface area contributed by atoms with Gasteiger partial charge in [-0.25, -0.2) is 14.4 Å². The van der Waals surface area contributed by atoms with E-state index in [2.05, 4.69) is 25.5 Å². The number of likely N-dealkylation sites (tertiary alicyclic amines) is 1. The molecular weight excluding hydrogens is 375 g/mol. The molecule has 0 spiro atoms. The minimum Gasteiger partial charge on any atom is -0.347 e. The van der Waals surface area contributed by atoms with E-state index < -0.39 is 17.8 Å². The third kappa shape index (κ3) is 3.84. The second kappa shape index (κ2) is 7.78. The smallest absolute Gasteiger partial charge is 0.276 e. The van der Waals surface area contributed by atoms with E-state index in [4.69, 9.17) is 0 Å². The fourth-order valence-corrected chi connectivity index (χ4v) is 3.46. The van der Waals surface area contributed by atoms with Gasteiger partial charge in [0.2, 0.25) is 0 Å². The van der Waals surface area contributed by atoms with Crippen LogP contribution in [0.15, 0.2) is 48.7 Å². The number of carbonyl (C=O) groups excluding carboxylic acids is 2. The Bertz CT molecular complexity index is 1040. The summed E-state index contributed by atoms with van der Waals surface area (Å²) in [5.41, 5.74) is 0.262. The number of hydrogen-bond donors (Lipinski definition) is 2. The standard InChI is InChI=1S/C20H19FN6O2/c1-12-23-18(26-25-12)16-10-14(24-19(28)13-6-3-2-4-7-13)11-27(16)20(29)17-15(21)8-5-9-22-17/h2-9,14,16H,10-11H2,1H3,(H,24,28)(H,23,25,26)/t14-,16-/m0/s1. The van der Waals surface area contributed by atoms with Crippen molar-refractivity contribution in [1.82, 2.24) is 30.4 Å². The topological polar surface area (TPSA) is 104 Å². The maximum atomic E-state index is 14.1. The fourth-order valence-electron chi connectivity index (χ4n) is 3.46. The molecule has 0 radical (unpaired) electrons. The summed E-state index contributed by atoms with van der Waals surface area (Å²) in [7, 11) is 0. The molecule has 1 fully saturated rings. The van der Waals surface area contributed by atoms with Gasteiger partial charge >= 0.3 is 0 Å². The SMILES string of the molecule is Cc1nc([C@@H]2C[C@H](NC(=O)c3ccccc3)CN2C(=O)c2ncccc2F)n[nH]1. The van der Waals surface area contributed by atoms with E-state index in [9.17, 15) is 14.0 Å². The van der Waals surface area contributed by atoms with Crippen LogP contribution in [0, 0.1) is 12.7 Å². The van der Waals surface area contributed by atoms with Gasteiger partial charge in [0.05, 0.1) is 6.04 Å². The van der Waals surface area contributed by atoms with Crippen LogP contribution in [0.25, 0.3) is 0 Å². The number of nitrogens with one attached hydrogen (secondary N) is 2. The van der Waals surface area contributed by atoms with Crippen molar-refractivity contribution in [3.8, 4) is 0 Å². The summed E-state index contributed by atoms with van der Waals surface area (Å²) in [5, 5.41) is 9.86. The minimum atomic E-state index is -0.695. The molecule has 1 aromatic carbocycles. The van der Waals surface area contributed by atoms with Crippen molar-refractivity contribution in [2.45, 2.75) is 25.4 Å². The number of hydrogen-bond acceptors (Lipinski definition) is 5. The molecule has 2 amide bonds. The predicted molar refractivity (Wildman–Crippen MR) is 101 cm³/mol. The first kappa shape index (κ1) is 18.7. The summed E-state index contributed by atoms with van der Waals surface area (Å²) < 4.78 is 14.1. The molecule has 0 saturated carbocycles. The van der Waals surface area contributed by atoms with Gasteiger partial charge in [-0.2, -0.15) is 5.10 Å². The Balaban J connectivity index is 1.59. The lowest BCUT2D eigenvalue weighted by Gasteiger charge is -2.22. The van der Waals surface area contributed by atoms with Gasteiger partial charge in [-0.3, -0.25) is 14.7 Å².